The van der Waals surface area contributed by atoms with Crippen LogP contribution >= 0.6 is 11.6 Å². The standard InChI is InChI=1S/C21H18ClF2N3O2/c22-15-7-5-13(6-8-15)19-25-17-12-27(10-9-16(17)20(28)26-19)11-14-3-1-2-4-18(14)29-21(23)24/h1-8,21H,9-12H2,(H,25,26,28). The van der Waals surface area contributed by atoms with Crippen LogP contribution in [0.4, 0.5) is 8.78 Å². The highest BCUT2D eigenvalue weighted by Gasteiger charge is 2.22. The molecule has 1 aliphatic rings. The summed E-state index contributed by atoms with van der Waals surface area (Å²) in [6.07, 6.45) is 0.538. The third-order valence-electron chi connectivity index (χ3n) is 4.85. The molecule has 3 aromatic rings. The van der Waals surface area contributed by atoms with Crippen molar-refractivity contribution in [2.45, 2.75) is 26.1 Å². The van der Waals surface area contributed by atoms with Crippen LogP contribution in [0, 0.1) is 0 Å². The van der Waals surface area contributed by atoms with Gasteiger partial charge in [-0.1, -0.05) is 29.8 Å². The molecule has 0 atom stereocenters. The van der Waals surface area contributed by atoms with Gasteiger partial charge in [-0.2, -0.15) is 8.78 Å². The van der Waals surface area contributed by atoms with Crippen molar-refractivity contribution in [3.05, 3.63) is 80.7 Å². The van der Waals surface area contributed by atoms with Crippen LogP contribution in [-0.2, 0) is 19.5 Å². The molecule has 0 unspecified atom stereocenters. The monoisotopic (exact) mass is 417 g/mol. The SMILES string of the molecule is O=c1[nH]c(-c2ccc(Cl)cc2)nc2c1CCN(Cc1ccccc1OC(F)F)C2. The van der Waals surface area contributed by atoms with Crippen LogP contribution in [-0.4, -0.2) is 28.0 Å². The summed E-state index contributed by atoms with van der Waals surface area (Å²) in [5, 5.41) is 0.602. The van der Waals surface area contributed by atoms with E-state index in [2.05, 4.69) is 19.6 Å². The Balaban J connectivity index is 1.58. The summed E-state index contributed by atoms with van der Waals surface area (Å²) in [5.41, 5.74) is 2.63. The smallest absolute Gasteiger partial charge is 0.387 e. The van der Waals surface area contributed by atoms with Gasteiger partial charge < -0.3 is 9.72 Å². The van der Waals surface area contributed by atoms with Gasteiger partial charge in [-0.3, -0.25) is 9.69 Å². The van der Waals surface area contributed by atoms with Gasteiger partial charge in [0.25, 0.3) is 5.56 Å². The van der Waals surface area contributed by atoms with E-state index in [9.17, 15) is 13.6 Å². The number of benzene rings is 2. The Bertz CT molecular complexity index is 1070. The maximum absolute atomic E-state index is 12.7. The van der Waals surface area contributed by atoms with Gasteiger partial charge in [-0.25, -0.2) is 4.98 Å². The lowest BCUT2D eigenvalue weighted by atomic mass is 10.0. The molecule has 0 bridgehead atoms. The second-order valence-electron chi connectivity index (χ2n) is 6.79. The van der Waals surface area contributed by atoms with Crippen molar-refractivity contribution in [1.82, 2.24) is 14.9 Å². The minimum Gasteiger partial charge on any atom is -0.434 e. The first-order valence-electron chi connectivity index (χ1n) is 9.12. The Morgan fingerprint density at radius 1 is 1.17 bits per heavy atom. The summed E-state index contributed by atoms with van der Waals surface area (Å²) < 4.78 is 29.9. The molecule has 1 aliphatic heterocycles. The van der Waals surface area contributed by atoms with Crippen molar-refractivity contribution in [2.24, 2.45) is 0 Å². The molecular weight excluding hydrogens is 400 g/mol. The number of aromatic amines is 1. The Hall–Kier alpha value is -2.77. The lowest BCUT2D eigenvalue weighted by Crippen LogP contribution is -2.35. The number of para-hydroxylation sites is 1. The number of halogens is 3. The normalized spacial score (nSPS) is 14.1. The summed E-state index contributed by atoms with van der Waals surface area (Å²) in [7, 11) is 0. The van der Waals surface area contributed by atoms with E-state index in [0.717, 1.165) is 5.56 Å². The number of H-pyrrole nitrogens is 1. The van der Waals surface area contributed by atoms with Crippen LogP contribution in [0.1, 0.15) is 16.8 Å². The second kappa shape index (κ2) is 8.31. The Morgan fingerprint density at radius 2 is 1.93 bits per heavy atom. The van der Waals surface area contributed by atoms with E-state index in [1.165, 1.54) is 6.07 Å². The number of alkyl halides is 2. The Labute approximate surface area is 170 Å². The van der Waals surface area contributed by atoms with Crippen LogP contribution in [0.15, 0.2) is 53.3 Å². The summed E-state index contributed by atoms with van der Waals surface area (Å²) >= 11 is 5.93. The molecule has 0 saturated carbocycles. The average Bonchev–Trinajstić information content (AvgIpc) is 2.69. The van der Waals surface area contributed by atoms with Crippen molar-refractivity contribution in [3.8, 4) is 17.1 Å². The van der Waals surface area contributed by atoms with Crippen LogP contribution in [0.3, 0.4) is 0 Å². The molecule has 5 nitrogen and oxygen atoms in total. The largest absolute Gasteiger partial charge is 0.434 e. The summed E-state index contributed by atoms with van der Waals surface area (Å²) in [6.45, 7) is -1.38. The van der Waals surface area contributed by atoms with E-state index in [-0.39, 0.29) is 11.3 Å². The third-order valence-corrected chi connectivity index (χ3v) is 5.10. The zero-order valence-corrected chi connectivity index (χ0v) is 16.1. The van der Waals surface area contributed by atoms with E-state index in [4.69, 9.17) is 11.6 Å². The Morgan fingerprint density at radius 3 is 2.69 bits per heavy atom. The van der Waals surface area contributed by atoms with Gasteiger partial charge in [0.15, 0.2) is 0 Å². The highest BCUT2D eigenvalue weighted by molar-refractivity contribution is 6.30. The molecule has 29 heavy (non-hydrogen) atoms. The molecule has 0 aliphatic carbocycles. The van der Waals surface area contributed by atoms with Crippen molar-refractivity contribution in [3.63, 3.8) is 0 Å². The van der Waals surface area contributed by atoms with Crippen LogP contribution in [0.5, 0.6) is 5.75 Å². The predicted molar refractivity (Wildman–Crippen MR) is 106 cm³/mol. The van der Waals surface area contributed by atoms with Crippen LogP contribution < -0.4 is 10.3 Å². The zero-order valence-electron chi connectivity index (χ0n) is 15.4. The molecule has 0 saturated heterocycles. The summed E-state index contributed by atoms with van der Waals surface area (Å²) in [5.74, 6) is 0.641. The topological polar surface area (TPSA) is 58.2 Å². The van der Waals surface area contributed by atoms with Crippen molar-refractivity contribution < 1.29 is 13.5 Å². The predicted octanol–water partition coefficient (Wildman–Crippen LogP) is 4.25. The highest BCUT2D eigenvalue weighted by Crippen LogP contribution is 2.25. The number of nitrogens with zero attached hydrogens (tertiary/aromatic N) is 2. The van der Waals surface area contributed by atoms with E-state index in [1.54, 1.807) is 42.5 Å². The fourth-order valence-electron chi connectivity index (χ4n) is 3.46. The van der Waals surface area contributed by atoms with E-state index in [1.807, 2.05) is 0 Å². The second-order valence-corrected chi connectivity index (χ2v) is 7.23. The van der Waals surface area contributed by atoms with E-state index >= 15 is 0 Å². The van der Waals surface area contributed by atoms with Gasteiger partial charge >= 0.3 is 6.61 Å². The number of hydrogen-bond donors (Lipinski definition) is 1. The fourth-order valence-corrected chi connectivity index (χ4v) is 3.59. The molecule has 0 spiro atoms. The fraction of sp³-hybridized carbons (Fsp3) is 0.238. The molecule has 2 heterocycles. The number of nitrogens with one attached hydrogen (secondary N) is 1. The third kappa shape index (κ3) is 4.46. The summed E-state index contributed by atoms with van der Waals surface area (Å²) in [6, 6.07) is 13.8. The van der Waals surface area contributed by atoms with Gasteiger partial charge in [-0.05, 0) is 36.8 Å². The molecule has 1 N–H and O–H groups in total. The first kappa shape index (κ1) is 19.5. The molecular formula is C21H18ClF2N3O2. The summed E-state index contributed by atoms with van der Waals surface area (Å²) in [4.78, 5) is 22.1. The molecule has 0 amide bonds. The first-order chi connectivity index (χ1) is 14.0. The lowest BCUT2D eigenvalue weighted by molar-refractivity contribution is -0.0508. The molecule has 0 radical (unpaired) electrons. The molecule has 1 aromatic heterocycles. The van der Waals surface area contributed by atoms with Crippen molar-refractivity contribution >= 4 is 11.6 Å². The van der Waals surface area contributed by atoms with Crippen LogP contribution in [0.25, 0.3) is 11.4 Å². The van der Waals surface area contributed by atoms with E-state index in [0.29, 0.717) is 53.7 Å². The molecule has 4 rings (SSSR count). The maximum atomic E-state index is 12.7. The van der Waals surface area contributed by atoms with Crippen molar-refractivity contribution in [2.75, 3.05) is 6.54 Å². The Kier molecular flexibility index (Phi) is 5.60. The number of ether oxygens (including phenoxy) is 1. The minimum absolute atomic E-state index is 0.152. The number of rotatable bonds is 5. The number of fused-ring (bicyclic) bond motifs is 1. The molecule has 150 valence electrons. The van der Waals surface area contributed by atoms with Crippen LogP contribution in [0.2, 0.25) is 5.02 Å². The quantitative estimate of drug-likeness (QED) is 0.674. The van der Waals surface area contributed by atoms with Gasteiger partial charge in [0.2, 0.25) is 0 Å². The number of hydrogen-bond acceptors (Lipinski definition) is 4. The number of aromatic nitrogens is 2. The van der Waals surface area contributed by atoms with Gasteiger partial charge in [0, 0.05) is 41.3 Å². The highest BCUT2D eigenvalue weighted by atomic mass is 35.5. The van der Waals surface area contributed by atoms with Gasteiger partial charge in [0.05, 0.1) is 5.69 Å². The molecule has 8 heteroatoms. The van der Waals surface area contributed by atoms with Gasteiger partial charge in [0.1, 0.15) is 11.6 Å². The lowest BCUT2D eigenvalue weighted by Gasteiger charge is -2.28. The van der Waals surface area contributed by atoms with Crippen molar-refractivity contribution in [1.29, 1.82) is 0 Å². The van der Waals surface area contributed by atoms with Gasteiger partial charge in [-0.15, -0.1) is 0 Å². The maximum Gasteiger partial charge on any atom is 0.387 e. The molecule has 2 aromatic carbocycles. The van der Waals surface area contributed by atoms with E-state index < -0.39 is 6.61 Å². The molecule has 0 fully saturated rings. The first-order valence-corrected chi connectivity index (χ1v) is 9.50. The average molecular weight is 418 g/mol. The minimum atomic E-state index is -2.87. The zero-order chi connectivity index (χ0) is 20.4.